The highest BCUT2D eigenvalue weighted by atomic mass is 79.9. The zero-order valence-electron chi connectivity index (χ0n) is 8.51. The summed E-state index contributed by atoms with van der Waals surface area (Å²) in [5, 5.41) is 5.40. The van der Waals surface area contributed by atoms with Crippen molar-refractivity contribution in [1.82, 2.24) is 5.32 Å². The van der Waals surface area contributed by atoms with Gasteiger partial charge in [0.15, 0.2) is 0 Å². The standard InChI is InChI=1S/C11H13BrN2O/c1-3-7-13-11(15)14-10-6-4-5-9(12)8(10)2/h3-6H,1,7H2,2H3,(H2,13,14,15). The lowest BCUT2D eigenvalue weighted by molar-refractivity contribution is 0.253. The van der Waals surface area contributed by atoms with Crippen molar-refractivity contribution < 1.29 is 4.79 Å². The Labute approximate surface area is 97.7 Å². The van der Waals surface area contributed by atoms with Gasteiger partial charge in [0.25, 0.3) is 0 Å². The van der Waals surface area contributed by atoms with Gasteiger partial charge in [-0.25, -0.2) is 4.79 Å². The summed E-state index contributed by atoms with van der Waals surface area (Å²) in [4.78, 5) is 11.3. The number of rotatable bonds is 3. The van der Waals surface area contributed by atoms with Gasteiger partial charge in [0, 0.05) is 16.7 Å². The number of nitrogens with one attached hydrogen (secondary N) is 2. The molecule has 80 valence electrons. The largest absolute Gasteiger partial charge is 0.334 e. The van der Waals surface area contributed by atoms with Gasteiger partial charge < -0.3 is 10.6 Å². The lowest BCUT2D eigenvalue weighted by atomic mass is 10.2. The highest BCUT2D eigenvalue weighted by Gasteiger charge is 2.04. The summed E-state index contributed by atoms with van der Waals surface area (Å²) >= 11 is 3.40. The Morgan fingerprint density at radius 3 is 3.00 bits per heavy atom. The summed E-state index contributed by atoms with van der Waals surface area (Å²) in [5.41, 5.74) is 1.80. The molecular formula is C11H13BrN2O. The van der Waals surface area contributed by atoms with Crippen molar-refractivity contribution in [3.05, 3.63) is 40.9 Å². The third-order valence-electron chi connectivity index (χ3n) is 1.92. The number of hydrogen-bond acceptors (Lipinski definition) is 1. The number of hydrogen-bond donors (Lipinski definition) is 2. The molecule has 0 bridgehead atoms. The smallest absolute Gasteiger partial charge is 0.319 e. The number of anilines is 1. The maximum atomic E-state index is 11.3. The third-order valence-corrected chi connectivity index (χ3v) is 2.78. The van der Waals surface area contributed by atoms with Gasteiger partial charge in [0.2, 0.25) is 0 Å². The highest BCUT2D eigenvalue weighted by Crippen LogP contribution is 2.23. The molecule has 0 unspecified atom stereocenters. The van der Waals surface area contributed by atoms with Crippen molar-refractivity contribution in [2.45, 2.75) is 6.92 Å². The van der Waals surface area contributed by atoms with Crippen molar-refractivity contribution in [2.24, 2.45) is 0 Å². The van der Waals surface area contributed by atoms with Crippen LogP contribution in [0, 0.1) is 6.92 Å². The molecule has 0 atom stereocenters. The van der Waals surface area contributed by atoms with E-state index in [2.05, 4.69) is 33.1 Å². The van der Waals surface area contributed by atoms with Crippen LogP contribution >= 0.6 is 15.9 Å². The molecule has 0 aliphatic heterocycles. The number of carbonyl (C=O) groups excluding carboxylic acids is 1. The van der Waals surface area contributed by atoms with E-state index in [9.17, 15) is 4.79 Å². The van der Waals surface area contributed by atoms with Crippen LogP contribution in [-0.2, 0) is 0 Å². The molecule has 1 aromatic carbocycles. The monoisotopic (exact) mass is 268 g/mol. The summed E-state index contributed by atoms with van der Waals surface area (Å²) in [6.45, 7) is 5.92. The van der Waals surface area contributed by atoms with Crippen LogP contribution in [0.5, 0.6) is 0 Å². The zero-order chi connectivity index (χ0) is 11.3. The summed E-state index contributed by atoms with van der Waals surface area (Å²) in [6, 6.07) is 5.44. The molecule has 0 aliphatic rings. The van der Waals surface area contributed by atoms with Crippen LogP contribution < -0.4 is 10.6 Å². The first-order valence-corrected chi connectivity index (χ1v) is 5.35. The summed E-state index contributed by atoms with van der Waals surface area (Å²) in [6.07, 6.45) is 1.63. The second-order valence-electron chi connectivity index (χ2n) is 3.04. The molecule has 0 fully saturated rings. The molecule has 0 aromatic heterocycles. The highest BCUT2D eigenvalue weighted by molar-refractivity contribution is 9.10. The molecule has 0 saturated heterocycles. The van der Waals surface area contributed by atoms with Gasteiger partial charge >= 0.3 is 6.03 Å². The molecule has 0 spiro atoms. The Kier molecular flexibility index (Phi) is 4.37. The molecule has 3 nitrogen and oxygen atoms in total. The van der Waals surface area contributed by atoms with Gasteiger partial charge in [0.05, 0.1) is 0 Å². The predicted molar refractivity (Wildman–Crippen MR) is 66.1 cm³/mol. The average molecular weight is 269 g/mol. The predicted octanol–water partition coefficient (Wildman–Crippen LogP) is 3.07. The van der Waals surface area contributed by atoms with E-state index in [1.165, 1.54) is 0 Å². The fourth-order valence-corrected chi connectivity index (χ4v) is 1.44. The fraction of sp³-hybridized carbons (Fsp3) is 0.182. The topological polar surface area (TPSA) is 41.1 Å². The number of carbonyl (C=O) groups is 1. The van der Waals surface area contributed by atoms with Crippen molar-refractivity contribution >= 4 is 27.6 Å². The molecule has 0 saturated carbocycles. The van der Waals surface area contributed by atoms with Crippen LogP contribution in [0.4, 0.5) is 10.5 Å². The molecule has 2 amide bonds. The third kappa shape index (κ3) is 3.40. The molecule has 0 heterocycles. The normalized spacial score (nSPS) is 9.47. The minimum atomic E-state index is -0.226. The zero-order valence-corrected chi connectivity index (χ0v) is 10.1. The minimum absolute atomic E-state index is 0.226. The van der Waals surface area contributed by atoms with Gasteiger partial charge in [-0.1, -0.05) is 28.1 Å². The van der Waals surface area contributed by atoms with Crippen LogP contribution in [0.15, 0.2) is 35.3 Å². The minimum Gasteiger partial charge on any atom is -0.334 e. The van der Waals surface area contributed by atoms with Gasteiger partial charge in [0.1, 0.15) is 0 Å². The van der Waals surface area contributed by atoms with E-state index in [1.54, 1.807) is 6.08 Å². The van der Waals surface area contributed by atoms with E-state index in [-0.39, 0.29) is 6.03 Å². The molecular weight excluding hydrogens is 256 g/mol. The van der Waals surface area contributed by atoms with Gasteiger partial charge in [-0.3, -0.25) is 0 Å². The van der Waals surface area contributed by atoms with Crippen molar-refractivity contribution in [3.63, 3.8) is 0 Å². The molecule has 0 radical (unpaired) electrons. The Morgan fingerprint density at radius 1 is 1.60 bits per heavy atom. The summed E-state index contributed by atoms with van der Waals surface area (Å²) in [5.74, 6) is 0. The lowest BCUT2D eigenvalue weighted by Crippen LogP contribution is -2.28. The Balaban J connectivity index is 2.68. The van der Waals surface area contributed by atoms with Crippen LogP contribution in [0.3, 0.4) is 0 Å². The summed E-state index contributed by atoms with van der Waals surface area (Å²) < 4.78 is 0.976. The molecule has 0 aliphatic carbocycles. The van der Waals surface area contributed by atoms with Crippen LogP contribution in [0.25, 0.3) is 0 Å². The number of benzene rings is 1. The Bertz CT molecular complexity index is 377. The molecule has 1 aromatic rings. The van der Waals surface area contributed by atoms with Crippen LogP contribution in [0.2, 0.25) is 0 Å². The molecule has 1 rings (SSSR count). The van der Waals surface area contributed by atoms with E-state index in [4.69, 9.17) is 0 Å². The maximum absolute atomic E-state index is 11.3. The van der Waals surface area contributed by atoms with Crippen LogP contribution in [0.1, 0.15) is 5.56 Å². The SMILES string of the molecule is C=CCNC(=O)Nc1cccc(Br)c1C. The van der Waals surface area contributed by atoms with Crippen LogP contribution in [-0.4, -0.2) is 12.6 Å². The fourth-order valence-electron chi connectivity index (χ4n) is 1.07. The summed E-state index contributed by atoms with van der Waals surface area (Å²) in [7, 11) is 0. The van der Waals surface area contributed by atoms with Gasteiger partial charge in [-0.2, -0.15) is 0 Å². The second kappa shape index (κ2) is 5.56. The number of amides is 2. The van der Waals surface area contributed by atoms with Crippen molar-refractivity contribution in [1.29, 1.82) is 0 Å². The van der Waals surface area contributed by atoms with E-state index in [1.807, 2.05) is 25.1 Å². The van der Waals surface area contributed by atoms with E-state index in [0.717, 1.165) is 15.7 Å². The first-order valence-electron chi connectivity index (χ1n) is 4.56. The molecule has 2 N–H and O–H groups in total. The first kappa shape index (κ1) is 11.8. The Morgan fingerprint density at radius 2 is 2.33 bits per heavy atom. The van der Waals surface area contributed by atoms with Crippen molar-refractivity contribution in [3.8, 4) is 0 Å². The Hall–Kier alpha value is -1.29. The molecule has 4 heteroatoms. The van der Waals surface area contributed by atoms with Crippen molar-refractivity contribution in [2.75, 3.05) is 11.9 Å². The average Bonchev–Trinajstić information content (AvgIpc) is 2.22. The quantitative estimate of drug-likeness (QED) is 0.813. The maximum Gasteiger partial charge on any atom is 0.319 e. The van der Waals surface area contributed by atoms with Gasteiger partial charge in [-0.15, -0.1) is 6.58 Å². The second-order valence-corrected chi connectivity index (χ2v) is 3.89. The first-order chi connectivity index (χ1) is 7.15. The number of halogens is 1. The van der Waals surface area contributed by atoms with E-state index in [0.29, 0.717) is 6.54 Å². The lowest BCUT2D eigenvalue weighted by Gasteiger charge is -2.09. The van der Waals surface area contributed by atoms with Gasteiger partial charge in [-0.05, 0) is 24.6 Å². The van der Waals surface area contributed by atoms with E-state index < -0.39 is 0 Å². The molecule has 15 heavy (non-hydrogen) atoms. The van der Waals surface area contributed by atoms with E-state index >= 15 is 0 Å². The number of urea groups is 1.